The molecule has 0 radical (unpaired) electrons. The first-order valence-electron chi connectivity index (χ1n) is 6.68. The molecular formula is C15H20FNO2. The van der Waals surface area contributed by atoms with Crippen molar-refractivity contribution in [3.8, 4) is 0 Å². The molecule has 0 saturated carbocycles. The van der Waals surface area contributed by atoms with E-state index in [1.54, 1.807) is 19.1 Å². The SMILES string of the molecule is COC(=O)C(c1ccc(F)c(C)c1)C1CCNCC1. The maximum atomic E-state index is 13.4. The van der Waals surface area contributed by atoms with Gasteiger partial charge in [-0.05, 0) is 56.0 Å². The van der Waals surface area contributed by atoms with Gasteiger partial charge in [0.05, 0.1) is 13.0 Å². The molecule has 1 heterocycles. The highest BCUT2D eigenvalue weighted by Gasteiger charge is 2.31. The number of nitrogens with one attached hydrogen (secondary N) is 1. The van der Waals surface area contributed by atoms with E-state index in [9.17, 15) is 9.18 Å². The van der Waals surface area contributed by atoms with Crippen LogP contribution < -0.4 is 5.32 Å². The normalized spacial score (nSPS) is 18.1. The van der Waals surface area contributed by atoms with Crippen molar-refractivity contribution >= 4 is 5.97 Å². The molecule has 4 heteroatoms. The van der Waals surface area contributed by atoms with E-state index in [-0.39, 0.29) is 23.6 Å². The summed E-state index contributed by atoms with van der Waals surface area (Å²) in [4.78, 5) is 12.1. The molecule has 3 nitrogen and oxygen atoms in total. The third kappa shape index (κ3) is 3.13. The summed E-state index contributed by atoms with van der Waals surface area (Å²) in [6.07, 6.45) is 1.88. The van der Waals surface area contributed by atoms with Gasteiger partial charge in [0.2, 0.25) is 0 Å². The second kappa shape index (κ2) is 6.15. The van der Waals surface area contributed by atoms with Gasteiger partial charge in [-0.2, -0.15) is 0 Å². The van der Waals surface area contributed by atoms with E-state index in [4.69, 9.17) is 4.74 Å². The summed E-state index contributed by atoms with van der Waals surface area (Å²) < 4.78 is 18.3. The van der Waals surface area contributed by atoms with E-state index in [2.05, 4.69) is 5.32 Å². The molecule has 1 saturated heterocycles. The Bertz CT molecular complexity index is 455. The number of hydrogen-bond donors (Lipinski definition) is 1. The van der Waals surface area contributed by atoms with Gasteiger partial charge >= 0.3 is 5.97 Å². The average molecular weight is 265 g/mol. The predicted octanol–water partition coefficient (Wildman–Crippen LogP) is 2.39. The topological polar surface area (TPSA) is 38.3 Å². The first-order valence-corrected chi connectivity index (χ1v) is 6.68. The third-order valence-corrected chi connectivity index (χ3v) is 3.85. The molecule has 0 aromatic heterocycles. The van der Waals surface area contributed by atoms with Crippen LogP contribution in [0.15, 0.2) is 18.2 Å². The van der Waals surface area contributed by atoms with Crippen molar-refractivity contribution in [1.29, 1.82) is 0 Å². The Morgan fingerprint density at radius 2 is 2.11 bits per heavy atom. The molecule has 104 valence electrons. The Morgan fingerprint density at radius 3 is 2.68 bits per heavy atom. The zero-order valence-corrected chi connectivity index (χ0v) is 11.4. The third-order valence-electron chi connectivity index (χ3n) is 3.85. The van der Waals surface area contributed by atoms with Crippen LogP contribution in [0, 0.1) is 18.7 Å². The lowest BCUT2D eigenvalue weighted by atomic mass is 9.80. The standard InChI is InChI=1S/C15H20FNO2/c1-10-9-12(3-4-13(10)16)14(15(18)19-2)11-5-7-17-8-6-11/h3-4,9,11,14,17H,5-8H2,1-2H3. The summed E-state index contributed by atoms with van der Waals surface area (Å²) in [5.41, 5.74) is 1.43. The summed E-state index contributed by atoms with van der Waals surface area (Å²) in [5.74, 6) is -0.486. The Kier molecular flexibility index (Phi) is 4.53. The molecule has 1 aromatic rings. The maximum absolute atomic E-state index is 13.4. The van der Waals surface area contributed by atoms with Crippen LogP contribution in [0.25, 0.3) is 0 Å². The number of hydrogen-bond acceptors (Lipinski definition) is 3. The van der Waals surface area contributed by atoms with Gasteiger partial charge in [-0.15, -0.1) is 0 Å². The first kappa shape index (κ1) is 14.0. The van der Waals surface area contributed by atoms with E-state index in [1.807, 2.05) is 0 Å². The molecule has 19 heavy (non-hydrogen) atoms. The number of piperidine rings is 1. The van der Waals surface area contributed by atoms with Crippen LogP contribution in [0.4, 0.5) is 4.39 Å². The van der Waals surface area contributed by atoms with Gasteiger partial charge in [-0.25, -0.2) is 4.39 Å². The van der Waals surface area contributed by atoms with Crippen molar-refractivity contribution in [1.82, 2.24) is 5.32 Å². The number of carbonyl (C=O) groups excluding carboxylic acids is 1. The number of esters is 1. The highest BCUT2D eigenvalue weighted by Crippen LogP contribution is 2.32. The molecular weight excluding hydrogens is 245 g/mol. The highest BCUT2D eigenvalue weighted by atomic mass is 19.1. The second-order valence-corrected chi connectivity index (χ2v) is 5.10. The number of carbonyl (C=O) groups is 1. The van der Waals surface area contributed by atoms with Crippen molar-refractivity contribution in [3.05, 3.63) is 35.1 Å². The molecule has 0 bridgehead atoms. The van der Waals surface area contributed by atoms with Crippen LogP contribution >= 0.6 is 0 Å². The van der Waals surface area contributed by atoms with Crippen LogP contribution in [0.2, 0.25) is 0 Å². The van der Waals surface area contributed by atoms with Gasteiger partial charge < -0.3 is 10.1 Å². The second-order valence-electron chi connectivity index (χ2n) is 5.10. The van der Waals surface area contributed by atoms with Crippen LogP contribution in [0.5, 0.6) is 0 Å². The quantitative estimate of drug-likeness (QED) is 0.853. The lowest BCUT2D eigenvalue weighted by Gasteiger charge is -2.29. The summed E-state index contributed by atoms with van der Waals surface area (Å²) in [5, 5.41) is 3.29. The van der Waals surface area contributed by atoms with Crippen LogP contribution in [-0.2, 0) is 9.53 Å². The largest absolute Gasteiger partial charge is 0.469 e. The minimum Gasteiger partial charge on any atom is -0.469 e. The van der Waals surface area contributed by atoms with Crippen molar-refractivity contribution in [2.75, 3.05) is 20.2 Å². The first-order chi connectivity index (χ1) is 9.13. The summed E-state index contributed by atoms with van der Waals surface area (Å²) in [7, 11) is 1.41. The minimum atomic E-state index is -0.286. The fraction of sp³-hybridized carbons (Fsp3) is 0.533. The Morgan fingerprint density at radius 1 is 1.42 bits per heavy atom. The summed E-state index contributed by atoms with van der Waals surface area (Å²) in [6.45, 7) is 3.55. The van der Waals surface area contributed by atoms with Gasteiger partial charge in [0.25, 0.3) is 0 Å². The average Bonchev–Trinajstić information content (AvgIpc) is 2.44. The van der Waals surface area contributed by atoms with Crippen molar-refractivity contribution < 1.29 is 13.9 Å². The Balaban J connectivity index is 2.30. The zero-order chi connectivity index (χ0) is 13.8. The lowest BCUT2D eigenvalue weighted by molar-refractivity contribution is -0.144. The molecule has 1 atom stereocenters. The fourth-order valence-electron chi connectivity index (χ4n) is 2.77. The zero-order valence-electron chi connectivity index (χ0n) is 11.4. The van der Waals surface area contributed by atoms with E-state index >= 15 is 0 Å². The molecule has 0 amide bonds. The molecule has 1 fully saturated rings. The van der Waals surface area contributed by atoms with Gasteiger partial charge in [-0.3, -0.25) is 4.79 Å². The van der Waals surface area contributed by atoms with Gasteiger partial charge in [0, 0.05) is 0 Å². The fourth-order valence-corrected chi connectivity index (χ4v) is 2.77. The van der Waals surface area contributed by atoms with Crippen LogP contribution in [0.3, 0.4) is 0 Å². The number of aryl methyl sites for hydroxylation is 1. The van der Waals surface area contributed by atoms with Gasteiger partial charge in [0.15, 0.2) is 0 Å². The van der Waals surface area contributed by atoms with E-state index in [1.165, 1.54) is 13.2 Å². The van der Waals surface area contributed by atoms with Crippen molar-refractivity contribution in [2.24, 2.45) is 5.92 Å². The monoisotopic (exact) mass is 265 g/mol. The highest BCUT2D eigenvalue weighted by molar-refractivity contribution is 5.78. The molecule has 1 aliphatic rings. The van der Waals surface area contributed by atoms with Gasteiger partial charge in [-0.1, -0.05) is 12.1 Å². The molecule has 1 unspecified atom stereocenters. The molecule has 1 aromatic carbocycles. The Labute approximate surface area is 113 Å². The molecule has 2 rings (SSSR count). The molecule has 0 spiro atoms. The minimum absolute atomic E-state index is 0.224. The lowest BCUT2D eigenvalue weighted by Crippen LogP contribution is -2.34. The maximum Gasteiger partial charge on any atom is 0.313 e. The van der Waals surface area contributed by atoms with E-state index < -0.39 is 0 Å². The van der Waals surface area contributed by atoms with Crippen LogP contribution in [-0.4, -0.2) is 26.2 Å². The smallest absolute Gasteiger partial charge is 0.313 e. The number of benzene rings is 1. The number of halogens is 1. The summed E-state index contributed by atoms with van der Waals surface area (Å²) >= 11 is 0. The number of rotatable bonds is 3. The summed E-state index contributed by atoms with van der Waals surface area (Å²) in [6, 6.07) is 4.90. The molecule has 1 N–H and O–H groups in total. The van der Waals surface area contributed by atoms with Crippen LogP contribution in [0.1, 0.15) is 29.9 Å². The van der Waals surface area contributed by atoms with Gasteiger partial charge in [0.1, 0.15) is 5.82 Å². The Hall–Kier alpha value is -1.42. The molecule has 1 aliphatic heterocycles. The van der Waals surface area contributed by atoms with Crippen molar-refractivity contribution in [2.45, 2.75) is 25.7 Å². The van der Waals surface area contributed by atoms with Crippen molar-refractivity contribution in [3.63, 3.8) is 0 Å². The number of ether oxygens (including phenoxy) is 1. The predicted molar refractivity (Wildman–Crippen MR) is 71.5 cm³/mol. The van der Waals surface area contributed by atoms with E-state index in [0.29, 0.717) is 5.56 Å². The van der Waals surface area contributed by atoms with E-state index in [0.717, 1.165) is 31.5 Å². The molecule has 0 aliphatic carbocycles. The number of methoxy groups -OCH3 is 1.